The van der Waals surface area contributed by atoms with E-state index in [-0.39, 0.29) is 16.9 Å². The van der Waals surface area contributed by atoms with Crippen LogP contribution in [-0.4, -0.2) is 23.0 Å². The summed E-state index contributed by atoms with van der Waals surface area (Å²) in [6.45, 7) is 5.77. The number of thioether (sulfide) groups is 1. The number of rotatable bonds is 9. The second kappa shape index (κ2) is 14.2. The van der Waals surface area contributed by atoms with Crippen LogP contribution >= 0.6 is 35.0 Å². The minimum atomic E-state index is -0.535. The van der Waals surface area contributed by atoms with Gasteiger partial charge < -0.3 is 16.0 Å². The van der Waals surface area contributed by atoms with Crippen LogP contribution < -0.4 is 16.0 Å². The van der Waals surface area contributed by atoms with Crippen molar-refractivity contribution in [3.05, 3.63) is 129 Å². The van der Waals surface area contributed by atoms with E-state index < -0.39 is 11.8 Å². The second-order valence-electron chi connectivity index (χ2n) is 9.54. The topological polar surface area (TPSA) is 87.3 Å². The lowest BCUT2D eigenvalue weighted by atomic mass is 10.1. The van der Waals surface area contributed by atoms with Gasteiger partial charge in [0.1, 0.15) is 5.70 Å². The Morgan fingerprint density at radius 1 is 0.810 bits per heavy atom. The predicted molar refractivity (Wildman–Crippen MR) is 173 cm³/mol. The van der Waals surface area contributed by atoms with E-state index in [0.29, 0.717) is 26.9 Å². The molecule has 4 aromatic rings. The first-order valence-electron chi connectivity index (χ1n) is 13.1. The minimum Gasteiger partial charge on any atom is -0.325 e. The number of carbonyl (C=O) groups is 3. The highest BCUT2D eigenvalue weighted by atomic mass is 35.5. The SMILES string of the molecule is Cc1cccc(C)c1NC(=O)C(C)Sc1ccc(NC(=O)/C(=C/c2ccc(Cl)cc2Cl)NC(=O)c2ccccc2)cc1. The van der Waals surface area contributed by atoms with Crippen LogP contribution in [0.3, 0.4) is 0 Å². The fraction of sp³-hybridized carbons (Fsp3) is 0.121. The van der Waals surface area contributed by atoms with Gasteiger partial charge in [-0.15, -0.1) is 11.8 Å². The number of hydrogen-bond donors (Lipinski definition) is 3. The molecule has 214 valence electrons. The van der Waals surface area contributed by atoms with Gasteiger partial charge in [-0.25, -0.2) is 0 Å². The smallest absolute Gasteiger partial charge is 0.272 e. The third-order valence-electron chi connectivity index (χ3n) is 6.31. The number of amides is 3. The van der Waals surface area contributed by atoms with Crippen molar-refractivity contribution in [2.75, 3.05) is 10.6 Å². The molecule has 0 aliphatic heterocycles. The van der Waals surface area contributed by atoms with Gasteiger partial charge in [0.25, 0.3) is 11.8 Å². The average molecular weight is 619 g/mol. The molecule has 4 aromatic carbocycles. The van der Waals surface area contributed by atoms with Crippen molar-refractivity contribution in [3.8, 4) is 0 Å². The van der Waals surface area contributed by atoms with Gasteiger partial charge in [-0.3, -0.25) is 14.4 Å². The van der Waals surface area contributed by atoms with Gasteiger partial charge in [0.15, 0.2) is 0 Å². The highest BCUT2D eigenvalue weighted by molar-refractivity contribution is 8.00. The van der Waals surface area contributed by atoms with E-state index in [1.54, 1.807) is 60.7 Å². The van der Waals surface area contributed by atoms with Crippen molar-refractivity contribution < 1.29 is 14.4 Å². The molecule has 0 spiro atoms. The van der Waals surface area contributed by atoms with Crippen LogP contribution in [0.25, 0.3) is 6.08 Å². The minimum absolute atomic E-state index is 0.00307. The lowest BCUT2D eigenvalue weighted by Crippen LogP contribution is -2.30. The molecular weight excluding hydrogens is 589 g/mol. The third kappa shape index (κ3) is 8.26. The van der Waals surface area contributed by atoms with E-state index in [2.05, 4.69) is 16.0 Å². The normalized spacial score (nSPS) is 11.9. The van der Waals surface area contributed by atoms with E-state index in [9.17, 15) is 14.4 Å². The molecule has 0 saturated carbocycles. The molecule has 0 bridgehead atoms. The Balaban J connectivity index is 1.46. The summed E-state index contributed by atoms with van der Waals surface area (Å²) >= 11 is 13.8. The molecule has 42 heavy (non-hydrogen) atoms. The zero-order valence-electron chi connectivity index (χ0n) is 23.2. The zero-order valence-corrected chi connectivity index (χ0v) is 25.5. The Hall–Kier alpha value is -4.04. The number of hydrogen-bond acceptors (Lipinski definition) is 4. The summed E-state index contributed by atoms with van der Waals surface area (Å²) in [6.07, 6.45) is 1.50. The van der Waals surface area contributed by atoms with Crippen molar-refractivity contribution >= 4 is 70.1 Å². The average Bonchev–Trinajstić information content (AvgIpc) is 2.97. The molecule has 9 heteroatoms. The summed E-state index contributed by atoms with van der Waals surface area (Å²) < 4.78 is 0. The van der Waals surface area contributed by atoms with Gasteiger partial charge in [-0.1, -0.05) is 65.7 Å². The maximum Gasteiger partial charge on any atom is 0.272 e. The van der Waals surface area contributed by atoms with Crippen molar-refractivity contribution in [2.24, 2.45) is 0 Å². The summed E-state index contributed by atoms with van der Waals surface area (Å²) in [5, 5.41) is 8.97. The standard InChI is InChI=1S/C33H29Cl2N3O3S/c1-20-8-7-9-21(2)30(20)38-31(39)22(3)42-27-16-14-26(15-17-27)36-33(41)29(18-24-12-13-25(34)19-28(24)35)37-32(40)23-10-5-4-6-11-23/h4-19,22H,1-3H3,(H,36,41)(H,37,40)(H,38,39)/b29-18-. The molecule has 0 aromatic heterocycles. The van der Waals surface area contributed by atoms with E-state index in [1.807, 2.05) is 51.1 Å². The van der Waals surface area contributed by atoms with E-state index in [4.69, 9.17) is 23.2 Å². The molecule has 0 heterocycles. The van der Waals surface area contributed by atoms with Gasteiger partial charge in [0, 0.05) is 31.9 Å². The number of aryl methyl sites for hydroxylation is 2. The number of anilines is 2. The summed E-state index contributed by atoms with van der Waals surface area (Å²) in [7, 11) is 0. The second-order valence-corrected chi connectivity index (χ2v) is 11.8. The van der Waals surface area contributed by atoms with Crippen LogP contribution in [0, 0.1) is 13.8 Å². The van der Waals surface area contributed by atoms with Crippen LogP contribution in [0.15, 0.2) is 102 Å². The van der Waals surface area contributed by atoms with Crippen molar-refractivity contribution in [1.82, 2.24) is 5.32 Å². The Kier molecular flexibility index (Phi) is 10.5. The highest BCUT2D eigenvalue weighted by Gasteiger charge is 2.18. The predicted octanol–water partition coefficient (Wildman–Crippen LogP) is 8.14. The first kappa shape index (κ1) is 30.9. The van der Waals surface area contributed by atoms with Crippen molar-refractivity contribution in [1.29, 1.82) is 0 Å². The third-order valence-corrected chi connectivity index (χ3v) is 7.99. The van der Waals surface area contributed by atoms with E-state index in [1.165, 1.54) is 17.8 Å². The van der Waals surface area contributed by atoms with Crippen LogP contribution in [0.5, 0.6) is 0 Å². The summed E-state index contributed by atoms with van der Waals surface area (Å²) in [5.74, 6) is -1.08. The molecular formula is C33H29Cl2N3O3S. The Morgan fingerprint density at radius 3 is 2.12 bits per heavy atom. The van der Waals surface area contributed by atoms with Gasteiger partial charge in [0.05, 0.1) is 5.25 Å². The zero-order chi connectivity index (χ0) is 30.2. The number of benzene rings is 4. The van der Waals surface area contributed by atoms with Gasteiger partial charge in [-0.05, 0) is 92.1 Å². The van der Waals surface area contributed by atoms with Crippen LogP contribution in [0.2, 0.25) is 10.0 Å². The van der Waals surface area contributed by atoms with Crippen LogP contribution in [0.4, 0.5) is 11.4 Å². The number of halogens is 2. The van der Waals surface area contributed by atoms with E-state index >= 15 is 0 Å². The fourth-order valence-corrected chi connectivity index (χ4v) is 5.36. The molecule has 6 nitrogen and oxygen atoms in total. The van der Waals surface area contributed by atoms with Crippen molar-refractivity contribution in [2.45, 2.75) is 30.9 Å². The molecule has 3 N–H and O–H groups in total. The molecule has 0 aliphatic carbocycles. The summed E-state index contributed by atoms with van der Waals surface area (Å²) in [4.78, 5) is 39.9. The molecule has 0 fully saturated rings. The van der Waals surface area contributed by atoms with Gasteiger partial charge in [-0.2, -0.15) is 0 Å². The Bertz CT molecular complexity index is 1620. The first-order valence-corrected chi connectivity index (χ1v) is 14.7. The van der Waals surface area contributed by atoms with Crippen LogP contribution in [0.1, 0.15) is 34.0 Å². The number of carbonyl (C=O) groups excluding carboxylic acids is 3. The number of para-hydroxylation sites is 1. The summed E-state index contributed by atoms with van der Waals surface area (Å²) in [6, 6.07) is 26.5. The van der Waals surface area contributed by atoms with Crippen molar-refractivity contribution in [3.63, 3.8) is 0 Å². The quantitative estimate of drug-likeness (QED) is 0.131. The molecule has 1 atom stereocenters. The largest absolute Gasteiger partial charge is 0.325 e. The summed E-state index contributed by atoms with van der Waals surface area (Å²) in [5.41, 5.74) is 4.27. The first-order chi connectivity index (χ1) is 20.1. The molecule has 1 unspecified atom stereocenters. The molecule has 4 rings (SSSR count). The molecule has 3 amide bonds. The van der Waals surface area contributed by atoms with Gasteiger partial charge in [0.2, 0.25) is 5.91 Å². The molecule has 0 radical (unpaired) electrons. The molecule has 0 aliphatic rings. The number of nitrogens with one attached hydrogen (secondary N) is 3. The lowest BCUT2D eigenvalue weighted by Gasteiger charge is -2.16. The maximum atomic E-state index is 13.3. The Labute approximate surface area is 259 Å². The Morgan fingerprint density at radius 2 is 1.48 bits per heavy atom. The lowest BCUT2D eigenvalue weighted by molar-refractivity contribution is -0.115. The van der Waals surface area contributed by atoms with Crippen LogP contribution in [-0.2, 0) is 9.59 Å². The fourth-order valence-electron chi connectivity index (χ4n) is 4.03. The highest BCUT2D eigenvalue weighted by Crippen LogP contribution is 2.28. The maximum absolute atomic E-state index is 13.3. The monoisotopic (exact) mass is 617 g/mol. The molecule has 0 saturated heterocycles. The van der Waals surface area contributed by atoms with E-state index in [0.717, 1.165) is 21.7 Å². The van der Waals surface area contributed by atoms with Gasteiger partial charge >= 0.3 is 0 Å².